The molecule has 0 radical (unpaired) electrons. The van der Waals surface area contributed by atoms with Crippen molar-refractivity contribution in [1.29, 1.82) is 0 Å². The van der Waals surface area contributed by atoms with Crippen LogP contribution in [-0.2, 0) is 10.0 Å². The summed E-state index contributed by atoms with van der Waals surface area (Å²) in [6, 6.07) is 13.3. The maximum atomic E-state index is 12.5. The van der Waals surface area contributed by atoms with Crippen LogP contribution in [0.1, 0.15) is 23.3 Å². The van der Waals surface area contributed by atoms with Crippen molar-refractivity contribution in [3.63, 3.8) is 0 Å². The van der Waals surface area contributed by atoms with E-state index in [1.807, 2.05) is 18.2 Å². The van der Waals surface area contributed by atoms with Crippen LogP contribution in [0.25, 0.3) is 11.0 Å². The molecule has 1 aliphatic heterocycles. The van der Waals surface area contributed by atoms with Gasteiger partial charge < -0.3 is 5.32 Å². The second kappa shape index (κ2) is 7.35. The number of carbonyl (C=O) groups excluding carboxylic acids is 1. The van der Waals surface area contributed by atoms with E-state index in [-0.39, 0.29) is 10.6 Å². The van der Waals surface area contributed by atoms with Crippen molar-refractivity contribution in [2.24, 2.45) is 0 Å². The number of carbonyl (C=O) groups is 1. The Kier molecular flexibility index (Phi) is 4.74. The SMILES string of the molecule is O=C(Nc1cccc(S(=O)(=O)NC2=[NH+]CCC2)c1)c1cnc2ccccc2n1. The molecule has 1 amide bonds. The molecule has 0 unspecified atom stereocenters. The van der Waals surface area contributed by atoms with Crippen LogP contribution in [0.2, 0.25) is 0 Å². The average Bonchev–Trinajstić information content (AvgIpc) is 3.20. The molecule has 8 nitrogen and oxygen atoms in total. The van der Waals surface area contributed by atoms with Gasteiger partial charge in [0.05, 0.1) is 30.2 Å². The fourth-order valence-corrected chi connectivity index (χ4v) is 4.06. The van der Waals surface area contributed by atoms with E-state index in [9.17, 15) is 13.2 Å². The highest BCUT2D eigenvalue weighted by Gasteiger charge is 2.24. The van der Waals surface area contributed by atoms with E-state index in [1.165, 1.54) is 18.3 Å². The van der Waals surface area contributed by atoms with Crippen molar-refractivity contribution in [3.8, 4) is 0 Å². The molecule has 9 heteroatoms. The lowest BCUT2D eigenvalue weighted by Crippen LogP contribution is -2.72. The maximum absolute atomic E-state index is 12.5. The van der Waals surface area contributed by atoms with Gasteiger partial charge in [0.1, 0.15) is 10.6 Å². The van der Waals surface area contributed by atoms with E-state index < -0.39 is 15.9 Å². The van der Waals surface area contributed by atoms with Crippen molar-refractivity contribution >= 4 is 38.5 Å². The molecule has 0 atom stereocenters. The summed E-state index contributed by atoms with van der Waals surface area (Å²) in [4.78, 5) is 24.1. The average molecular weight is 396 g/mol. The number of fused-ring (bicyclic) bond motifs is 1. The molecule has 2 heterocycles. The van der Waals surface area contributed by atoms with Gasteiger partial charge in [0.15, 0.2) is 0 Å². The molecule has 28 heavy (non-hydrogen) atoms. The zero-order chi connectivity index (χ0) is 19.6. The van der Waals surface area contributed by atoms with Gasteiger partial charge in [-0.15, -0.1) is 0 Å². The molecular formula is C19H18N5O3S+. The molecule has 2 aromatic carbocycles. The molecule has 3 N–H and O–H groups in total. The van der Waals surface area contributed by atoms with E-state index in [2.05, 4.69) is 25.0 Å². The third-order valence-corrected chi connectivity index (χ3v) is 5.67. The van der Waals surface area contributed by atoms with Crippen LogP contribution in [0.5, 0.6) is 0 Å². The standard InChI is InChI=1S/C19H17N5O3S/c25-19(17-12-21-15-7-1-2-8-16(15)23-17)22-13-5-3-6-14(11-13)28(26,27)24-18-9-4-10-20-18/h1-3,5-8,11-12H,4,9-10H2,(H,20,24)(H,22,25)/p+1. The number of hydrogen-bond acceptors (Lipinski definition) is 5. The fourth-order valence-electron chi connectivity index (χ4n) is 2.90. The summed E-state index contributed by atoms with van der Waals surface area (Å²) in [5, 5.41) is 2.67. The van der Waals surface area contributed by atoms with Crippen LogP contribution >= 0.6 is 0 Å². The van der Waals surface area contributed by atoms with Crippen molar-refractivity contribution in [1.82, 2.24) is 14.7 Å². The summed E-state index contributed by atoms with van der Waals surface area (Å²) in [5.74, 6) is 0.119. The molecule has 0 fully saturated rings. The molecule has 0 aliphatic carbocycles. The summed E-state index contributed by atoms with van der Waals surface area (Å²) in [6.07, 6.45) is 2.94. The molecular weight excluding hydrogens is 378 g/mol. The number of aromatic nitrogens is 2. The van der Waals surface area contributed by atoms with E-state index in [1.54, 1.807) is 18.2 Å². The summed E-state index contributed by atoms with van der Waals surface area (Å²) < 4.78 is 27.6. The Morgan fingerprint density at radius 2 is 1.89 bits per heavy atom. The lowest BCUT2D eigenvalue weighted by atomic mass is 10.3. The summed E-state index contributed by atoms with van der Waals surface area (Å²) in [7, 11) is -3.72. The largest absolute Gasteiger partial charge is 0.328 e. The smallest absolute Gasteiger partial charge is 0.321 e. The molecule has 0 saturated heterocycles. The Labute approximate surface area is 161 Å². The molecule has 1 aliphatic rings. The van der Waals surface area contributed by atoms with Crippen molar-refractivity contribution < 1.29 is 18.2 Å². The van der Waals surface area contributed by atoms with E-state index in [0.717, 1.165) is 13.0 Å². The monoisotopic (exact) mass is 396 g/mol. The Morgan fingerprint density at radius 1 is 1.07 bits per heavy atom. The fraction of sp³-hybridized carbons (Fsp3) is 0.158. The van der Waals surface area contributed by atoms with Crippen LogP contribution in [-0.4, -0.2) is 36.7 Å². The first-order valence-corrected chi connectivity index (χ1v) is 10.3. The molecule has 3 aromatic rings. The highest BCUT2D eigenvalue weighted by Crippen LogP contribution is 2.17. The summed E-state index contributed by atoms with van der Waals surface area (Å²) in [6.45, 7) is 0.751. The first-order valence-electron chi connectivity index (χ1n) is 8.77. The van der Waals surface area contributed by atoms with Crippen LogP contribution in [0.15, 0.2) is 59.6 Å². The van der Waals surface area contributed by atoms with Gasteiger partial charge in [-0.05, 0) is 36.8 Å². The van der Waals surface area contributed by atoms with Crippen molar-refractivity contribution in [2.45, 2.75) is 17.7 Å². The number of amides is 1. The second-order valence-corrected chi connectivity index (χ2v) is 8.02. The molecule has 142 valence electrons. The van der Waals surface area contributed by atoms with Crippen molar-refractivity contribution in [3.05, 3.63) is 60.4 Å². The van der Waals surface area contributed by atoms with Gasteiger partial charge in [0.25, 0.3) is 11.7 Å². The zero-order valence-electron chi connectivity index (χ0n) is 14.8. The highest BCUT2D eigenvalue weighted by molar-refractivity contribution is 7.90. The number of nitrogens with zero attached hydrogens (tertiary/aromatic N) is 2. The Hall–Kier alpha value is -3.33. The van der Waals surface area contributed by atoms with E-state index >= 15 is 0 Å². The van der Waals surface area contributed by atoms with Gasteiger partial charge in [-0.2, -0.15) is 13.1 Å². The second-order valence-electron chi connectivity index (χ2n) is 6.34. The third-order valence-electron chi connectivity index (χ3n) is 4.28. The van der Waals surface area contributed by atoms with Gasteiger partial charge in [-0.25, -0.2) is 4.98 Å². The van der Waals surface area contributed by atoms with Crippen LogP contribution < -0.4 is 15.0 Å². The Balaban J connectivity index is 1.54. The molecule has 4 rings (SSSR count). The molecule has 0 saturated carbocycles. The number of sulfonamides is 1. The first-order chi connectivity index (χ1) is 13.5. The van der Waals surface area contributed by atoms with Crippen LogP contribution in [0.4, 0.5) is 5.69 Å². The van der Waals surface area contributed by atoms with Gasteiger partial charge in [-0.1, -0.05) is 18.2 Å². The number of amidine groups is 1. The number of para-hydroxylation sites is 2. The zero-order valence-corrected chi connectivity index (χ0v) is 15.7. The minimum absolute atomic E-state index is 0.0658. The number of benzene rings is 2. The number of anilines is 1. The molecule has 0 bridgehead atoms. The number of nitrogens with one attached hydrogen (secondary N) is 3. The Morgan fingerprint density at radius 3 is 2.68 bits per heavy atom. The minimum Gasteiger partial charge on any atom is -0.321 e. The molecule has 1 aromatic heterocycles. The van der Waals surface area contributed by atoms with E-state index in [4.69, 9.17) is 0 Å². The van der Waals surface area contributed by atoms with Crippen LogP contribution in [0.3, 0.4) is 0 Å². The first kappa shape index (κ1) is 18.1. The Bertz CT molecular complexity index is 1190. The predicted octanol–water partition coefficient (Wildman–Crippen LogP) is 0.433. The number of hydrogen-bond donors (Lipinski definition) is 3. The van der Waals surface area contributed by atoms with Gasteiger partial charge in [0.2, 0.25) is 0 Å². The summed E-state index contributed by atoms with van der Waals surface area (Å²) in [5.41, 5.74) is 1.80. The molecule has 0 spiro atoms. The lowest BCUT2D eigenvalue weighted by Gasteiger charge is -2.07. The van der Waals surface area contributed by atoms with E-state index in [0.29, 0.717) is 29.0 Å². The van der Waals surface area contributed by atoms with Gasteiger partial charge in [-0.3, -0.25) is 14.8 Å². The minimum atomic E-state index is -3.72. The quantitative estimate of drug-likeness (QED) is 0.592. The normalized spacial score (nSPS) is 13.9. The number of rotatable bonds is 4. The maximum Gasteiger partial charge on any atom is 0.328 e. The predicted molar refractivity (Wildman–Crippen MR) is 104 cm³/mol. The summed E-state index contributed by atoms with van der Waals surface area (Å²) >= 11 is 0. The van der Waals surface area contributed by atoms with Gasteiger partial charge in [0, 0.05) is 5.69 Å². The lowest BCUT2D eigenvalue weighted by molar-refractivity contribution is -0.448. The topological polar surface area (TPSA) is 115 Å². The highest BCUT2D eigenvalue weighted by atomic mass is 32.2. The van der Waals surface area contributed by atoms with Crippen LogP contribution in [0, 0.1) is 0 Å². The van der Waals surface area contributed by atoms with Crippen molar-refractivity contribution in [2.75, 3.05) is 11.9 Å². The van der Waals surface area contributed by atoms with Gasteiger partial charge >= 0.3 is 10.0 Å². The third kappa shape index (κ3) is 3.84.